The first-order valence-corrected chi connectivity index (χ1v) is 26.2. The Morgan fingerprint density at radius 2 is 0.429 bits per heavy atom. The zero-order chi connectivity index (χ0) is 52.1. The molecule has 10 aromatic carbocycles. The van der Waals surface area contributed by atoms with Crippen LogP contribution in [0.2, 0.25) is 15.9 Å². The van der Waals surface area contributed by atoms with Crippen LogP contribution in [0.15, 0.2) is 271 Å². The van der Waals surface area contributed by atoms with Crippen molar-refractivity contribution < 1.29 is 2.85 Å². The first kappa shape index (κ1) is 54.1. The van der Waals surface area contributed by atoms with E-state index in [1.165, 1.54) is 33.4 Å². The average Bonchev–Trinajstić information content (AvgIpc) is 3.48. The topological polar surface area (TPSA) is 77.3 Å². The van der Waals surface area contributed by atoms with Crippen molar-refractivity contribution in [1.82, 2.24) is 29.9 Å². The molecule has 0 spiro atoms. The van der Waals surface area contributed by atoms with Gasteiger partial charge in [0, 0.05) is 21.2 Å². The Morgan fingerprint density at radius 1 is 0.221 bits per heavy atom. The van der Waals surface area contributed by atoms with Gasteiger partial charge < -0.3 is 2.85 Å². The second-order valence-electron chi connectivity index (χ2n) is 17.3. The molecular weight excluding hydrogens is 1090 g/mol. The van der Waals surface area contributed by atoms with Gasteiger partial charge in [0.05, 0.1) is 0 Å². The van der Waals surface area contributed by atoms with E-state index in [9.17, 15) is 0 Å². The number of halogens is 4. The van der Waals surface area contributed by atoms with Gasteiger partial charge in [0.1, 0.15) is 0 Å². The summed E-state index contributed by atoms with van der Waals surface area (Å²) < 4.78 is 1.11. The fraction of sp³-hybridized carbons (Fsp3) is 0. The molecular formula is C66H46BrCl3MgN6. The second-order valence-corrected chi connectivity index (χ2v) is 19.3. The Hall–Kier alpha value is -7.66. The van der Waals surface area contributed by atoms with Crippen molar-refractivity contribution in [2.75, 3.05) is 0 Å². The molecule has 0 aliphatic heterocycles. The summed E-state index contributed by atoms with van der Waals surface area (Å²) in [5, 5.41) is 0.344. The van der Waals surface area contributed by atoms with Crippen molar-refractivity contribution in [3.05, 3.63) is 287 Å². The third-order valence-electron chi connectivity index (χ3n) is 12.2. The molecule has 0 saturated carbocycles. The first-order chi connectivity index (χ1) is 37.3. The molecule has 0 bridgehead atoms. The number of nitrogens with zero attached hydrogens (tertiary/aromatic N) is 6. The van der Waals surface area contributed by atoms with Crippen molar-refractivity contribution in [1.29, 1.82) is 0 Å². The molecule has 6 nitrogen and oxygen atoms in total. The molecule has 2 aromatic heterocycles. The predicted octanol–water partition coefficient (Wildman–Crippen LogP) is 19.0. The van der Waals surface area contributed by atoms with Crippen LogP contribution in [0.3, 0.4) is 0 Å². The van der Waals surface area contributed by atoms with E-state index in [1.807, 2.05) is 115 Å². The van der Waals surface area contributed by atoms with Gasteiger partial charge in [-0.3, -0.25) is 0 Å². The molecule has 2 heterocycles. The minimum atomic E-state index is 0. The standard InChI is InChI=1S/C33H22ClN3.C18H13Br.C15H9Cl2N3.Mg.2H/c34-33-36-31(29-18-8-15-26(21-29)24-12-5-2-6-13-24)35-32(37-33)30-19-9-17-28(22-30)27-16-7-14-25(20-27)23-10-3-1-4-11-23;19-18-11-5-10-17(13-18)16-9-4-8-15(12-16)14-6-2-1-3-7-14;16-14-18-13(19-15(17)20-14)12-8-4-7-11(9-12)10-5-2-1-3-6-10;;;/h1-22H;1-13H;1-9H;;;/q;;;+2;2*-1. The SMILES string of the molecule is Brc1cccc(-c2cccc(-c3ccccc3)c2)c1.Clc1nc(-c2cccc(-c3ccccc3)c2)nc(-c2cccc(-c3cccc(-c4ccccc4)c3)c2)n1.Clc1nc(Cl)nc(-c2cccc(-c3ccccc3)c2)n1.[H-].[H-].[Mg+2]. The number of hydrogen-bond donors (Lipinski definition) is 0. The molecule has 0 radical (unpaired) electrons. The van der Waals surface area contributed by atoms with Gasteiger partial charge in [-0.05, 0) is 144 Å². The quantitative estimate of drug-likeness (QED) is 0.134. The maximum atomic E-state index is 6.39. The van der Waals surface area contributed by atoms with E-state index in [0.717, 1.165) is 54.5 Å². The molecule has 0 amide bonds. The van der Waals surface area contributed by atoms with Crippen LogP contribution in [0.1, 0.15) is 2.85 Å². The minimum absolute atomic E-state index is 0. The number of benzene rings is 10. The maximum absolute atomic E-state index is 6.39. The smallest absolute Gasteiger partial charge is 1.00 e. The van der Waals surface area contributed by atoms with E-state index in [2.05, 4.69) is 193 Å². The van der Waals surface area contributed by atoms with Gasteiger partial charge in [-0.1, -0.05) is 240 Å². The van der Waals surface area contributed by atoms with Gasteiger partial charge >= 0.3 is 23.1 Å². The minimum Gasteiger partial charge on any atom is -1.00 e. The molecule has 77 heavy (non-hydrogen) atoms. The normalized spacial score (nSPS) is 10.5. The second kappa shape index (κ2) is 26.4. The summed E-state index contributed by atoms with van der Waals surface area (Å²) in [6.07, 6.45) is 0. The van der Waals surface area contributed by atoms with E-state index < -0.39 is 0 Å². The van der Waals surface area contributed by atoms with Crippen LogP contribution in [0, 0.1) is 0 Å². The fourth-order valence-corrected chi connectivity index (χ4v) is 9.45. The molecule has 11 heteroatoms. The molecule has 12 aromatic rings. The van der Waals surface area contributed by atoms with Crippen molar-refractivity contribution in [2.24, 2.45) is 0 Å². The van der Waals surface area contributed by atoms with Crippen LogP contribution in [0.5, 0.6) is 0 Å². The van der Waals surface area contributed by atoms with E-state index in [1.54, 1.807) is 0 Å². The Balaban J connectivity index is 0.000000183. The molecule has 0 saturated heterocycles. The first-order valence-electron chi connectivity index (χ1n) is 24.3. The van der Waals surface area contributed by atoms with Gasteiger partial charge in [0.15, 0.2) is 17.5 Å². The summed E-state index contributed by atoms with van der Waals surface area (Å²) in [6, 6.07) is 91.0. The zero-order valence-electron chi connectivity index (χ0n) is 43.3. The van der Waals surface area contributed by atoms with E-state index in [4.69, 9.17) is 39.8 Å². The van der Waals surface area contributed by atoms with Crippen LogP contribution < -0.4 is 0 Å². The van der Waals surface area contributed by atoms with Crippen LogP contribution in [0.4, 0.5) is 0 Å². The molecule has 0 fully saturated rings. The molecule has 0 aliphatic rings. The molecule has 0 aliphatic carbocycles. The maximum Gasteiger partial charge on any atom is 2.00 e. The summed E-state index contributed by atoms with van der Waals surface area (Å²) >= 11 is 21.5. The van der Waals surface area contributed by atoms with E-state index in [-0.39, 0.29) is 41.8 Å². The summed E-state index contributed by atoms with van der Waals surface area (Å²) in [5.74, 6) is 1.55. The van der Waals surface area contributed by atoms with Crippen LogP contribution in [0.25, 0.3) is 101 Å². The summed E-state index contributed by atoms with van der Waals surface area (Å²) in [6.45, 7) is 0. The molecule has 0 atom stereocenters. The van der Waals surface area contributed by atoms with E-state index in [0.29, 0.717) is 17.5 Å². The Morgan fingerprint density at radius 3 is 0.727 bits per heavy atom. The van der Waals surface area contributed by atoms with Crippen molar-refractivity contribution in [3.8, 4) is 101 Å². The van der Waals surface area contributed by atoms with E-state index >= 15 is 0 Å². The number of rotatable bonds is 9. The van der Waals surface area contributed by atoms with Gasteiger partial charge in [0.2, 0.25) is 15.9 Å². The van der Waals surface area contributed by atoms with Gasteiger partial charge in [0.25, 0.3) is 0 Å². The van der Waals surface area contributed by atoms with Gasteiger partial charge in [-0.25, -0.2) is 4.98 Å². The predicted molar refractivity (Wildman–Crippen MR) is 326 cm³/mol. The Labute approximate surface area is 490 Å². The molecule has 370 valence electrons. The van der Waals surface area contributed by atoms with Crippen molar-refractivity contribution >= 4 is 73.8 Å². The summed E-state index contributed by atoms with van der Waals surface area (Å²) in [5.41, 5.74) is 16.6. The summed E-state index contributed by atoms with van der Waals surface area (Å²) in [4.78, 5) is 25.6. The number of aromatic nitrogens is 6. The van der Waals surface area contributed by atoms with Crippen molar-refractivity contribution in [2.45, 2.75) is 0 Å². The molecule has 12 rings (SSSR count). The van der Waals surface area contributed by atoms with Crippen LogP contribution in [-0.2, 0) is 0 Å². The molecule has 0 N–H and O–H groups in total. The van der Waals surface area contributed by atoms with Crippen LogP contribution >= 0.6 is 50.7 Å². The third-order valence-corrected chi connectivity index (χ3v) is 13.2. The summed E-state index contributed by atoms with van der Waals surface area (Å²) in [7, 11) is 0. The Bertz CT molecular complexity index is 3890. The largest absolute Gasteiger partial charge is 2.00 e. The average molecular weight is 1130 g/mol. The van der Waals surface area contributed by atoms with Crippen LogP contribution in [-0.4, -0.2) is 53.0 Å². The van der Waals surface area contributed by atoms with Gasteiger partial charge in [-0.15, -0.1) is 0 Å². The van der Waals surface area contributed by atoms with Crippen molar-refractivity contribution in [3.63, 3.8) is 0 Å². The Kier molecular flexibility index (Phi) is 18.6. The monoisotopic (exact) mass is 1130 g/mol. The third kappa shape index (κ3) is 14.4. The molecule has 0 unspecified atom stereocenters. The zero-order valence-corrected chi connectivity index (χ0v) is 46.6. The fourth-order valence-electron chi connectivity index (χ4n) is 8.52. The number of hydrogen-bond acceptors (Lipinski definition) is 6. The van der Waals surface area contributed by atoms with Gasteiger partial charge in [-0.2, -0.15) is 24.9 Å².